The van der Waals surface area contributed by atoms with Crippen LogP contribution in [0.2, 0.25) is 0 Å². The van der Waals surface area contributed by atoms with Crippen LogP contribution in [-0.2, 0) is 28.5 Å². The molecule has 0 radical (unpaired) electrons. The van der Waals surface area contributed by atoms with E-state index in [0.29, 0.717) is 74.7 Å². The lowest BCUT2D eigenvalue weighted by molar-refractivity contribution is -0.139. The molecule has 13 heteroatoms. The first kappa shape index (κ1) is 44.0. The summed E-state index contributed by atoms with van der Waals surface area (Å²) in [7, 11) is 7.24. The Hall–Kier alpha value is -2.25. The highest BCUT2D eigenvalue weighted by Crippen LogP contribution is 2.47. The Bertz CT molecular complexity index is 1800. The first-order valence-electron chi connectivity index (χ1n) is 23.6. The minimum Gasteiger partial charge on any atom is -0.498 e. The van der Waals surface area contributed by atoms with Crippen LogP contribution in [0.25, 0.3) is 0 Å². The molecule has 2 unspecified atom stereocenters. The van der Waals surface area contributed by atoms with Gasteiger partial charge in [0.15, 0.2) is 0 Å². The lowest BCUT2D eigenvalue weighted by Gasteiger charge is -2.37. The van der Waals surface area contributed by atoms with Gasteiger partial charge in [-0.15, -0.1) is 0 Å². The maximum atomic E-state index is 14.2. The predicted molar refractivity (Wildman–Crippen MR) is 249 cm³/mol. The molecular weight excluding hydrogens is 825 g/mol. The van der Waals surface area contributed by atoms with Gasteiger partial charge in [0.2, 0.25) is 11.8 Å². The number of hydrogen-bond donors (Lipinski definition) is 0. The third-order valence-corrected chi connectivity index (χ3v) is 20.0. The van der Waals surface area contributed by atoms with E-state index in [1.807, 2.05) is 33.3 Å². The van der Waals surface area contributed by atoms with E-state index in [4.69, 9.17) is 28.9 Å². The summed E-state index contributed by atoms with van der Waals surface area (Å²) in [6.45, 7) is 5.76. The number of methoxy groups -OCH3 is 2. The molecule has 4 fully saturated rings. The van der Waals surface area contributed by atoms with Gasteiger partial charge in [-0.1, -0.05) is 53.3 Å². The highest BCUT2D eigenvalue weighted by atomic mass is 33.1. The summed E-state index contributed by atoms with van der Waals surface area (Å²) in [6.07, 6.45) is 24.9. The summed E-state index contributed by atoms with van der Waals surface area (Å²) in [6, 6.07) is 0.768. The van der Waals surface area contributed by atoms with Gasteiger partial charge in [0.05, 0.1) is 56.8 Å². The first-order valence-corrected chi connectivity index (χ1v) is 27.3. The van der Waals surface area contributed by atoms with Gasteiger partial charge in [-0.3, -0.25) is 19.6 Å². The molecule has 0 aromatic carbocycles. The second kappa shape index (κ2) is 19.1. The smallest absolute Gasteiger partial charge is 0.229 e. The highest BCUT2D eigenvalue weighted by molar-refractivity contribution is 8.77. The summed E-state index contributed by atoms with van der Waals surface area (Å²) in [5.74, 6) is 7.56. The van der Waals surface area contributed by atoms with Crippen molar-refractivity contribution >= 4 is 57.6 Å². The monoisotopic (exact) mass is 894 g/mol. The zero-order chi connectivity index (χ0) is 42.3. The third-order valence-electron chi connectivity index (χ3n) is 15.6. The third kappa shape index (κ3) is 9.32. The van der Waals surface area contributed by atoms with Gasteiger partial charge in [-0.25, -0.2) is 0 Å². The van der Waals surface area contributed by atoms with Crippen LogP contribution in [0.1, 0.15) is 117 Å². The molecule has 0 aromatic heterocycles. The Kier molecular flexibility index (Phi) is 13.7. The fourth-order valence-corrected chi connectivity index (χ4v) is 16.6. The van der Waals surface area contributed by atoms with Gasteiger partial charge < -0.3 is 28.7 Å². The molecule has 336 valence electrons. The SMILES string of the molecule is COC1=C(OC[C@@H]2CC(COC3=C(OC)C[C@@H]4C(=O)N5[C@H](C=N[C@@H]4C3)CC3CCCC[C@H]35)=C[C@H](CSCC(C)(C)SSC)C2)C[C@@H]2N=C[C@@H]3C[C@@H]4CCCCC4N3C(=O)[C@@H]2C1. The number of aliphatic imine (C=N–C) groups is 2. The Balaban J connectivity index is 0.868. The van der Waals surface area contributed by atoms with Crippen molar-refractivity contribution < 1.29 is 28.5 Å². The maximum Gasteiger partial charge on any atom is 0.229 e. The lowest BCUT2D eigenvalue weighted by atomic mass is 9.82. The van der Waals surface area contributed by atoms with Crippen molar-refractivity contribution in [3.05, 3.63) is 34.7 Å². The maximum absolute atomic E-state index is 14.2. The molecule has 0 spiro atoms. The van der Waals surface area contributed by atoms with Crippen LogP contribution >= 0.6 is 33.3 Å². The standard InChI is InChI=1S/C48H70N4O6S3/c1-48(2,61-59-5)28-60-27-31-15-29(25-57-44-21-38-36(19-42(44)55-3)46(53)51-34(23-49-38)17-32-10-6-8-12-40(32)51)14-30(16-31)26-58-45-22-39-37(20-43(45)56-4)47(54)52-35(24-50-39)18-33-11-7-9-13-41(33)52/h15,23-24,30-41H,6-14,16-22,25-28H2,1-5H3/t30-,31+,32?,33+,34+,35+,36+,37-,38-,39+,40-,41?/m1/s1. The molecule has 5 aliphatic carbocycles. The molecule has 0 aromatic rings. The molecule has 9 rings (SSSR count). The predicted octanol–water partition coefficient (Wildman–Crippen LogP) is 9.26. The molecule has 0 bridgehead atoms. The van der Waals surface area contributed by atoms with Crippen LogP contribution in [0.4, 0.5) is 0 Å². The summed E-state index contributed by atoms with van der Waals surface area (Å²) in [5, 5.41) is 0. The first-order chi connectivity index (χ1) is 29.6. The zero-order valence-corrected chi connectivity index (χ0v) is 39.7. The highest BCUT2D eigenvalue weighted by Gasteiger charge is 2.51. The topological polar surface area (TPSA) is 102 Å². The normalized spacial score (nSPS) is 37.2. The molecule has 61 heavy (non-hydrogen) atoms. The Morgan fingerprint density at radius 1 is 0.721 bits per heavy atom. The Morgan fingerprint density at radius 3 is 1.84 bits per heavy atom. The number of carbonyl (C=O) groups excluding carboxylic acids is 2. The number of nitrogens with zero attached hydrogens (tertiary/aromatic N) is 4. The molecule has 12 atom stereocenters. The number of rotatable bonds is 14. The van der Waals surface area contributed by atoms with Crippen molar-refractivity contribution in [2.45, 2.75) is 158 Å². The summed E-state index contributed by atoms with van der Waals surface area (Å²) < 4.78 is 25.8. The van der Waals surface area contributed by atoms with Crippen LogP contribution in [0, 0.1) is 35.5 Å². The van der Waals surface area contributed by atoms with Crippen molar-refractivity contribution in [1.29, 1.82) is 0 Å². The van der Waals surface area contributed by atoms with Crippen LogP contribution in [0.15, 0.2) is 44.7 Å². The molecular formula is C48H70N4O6S3. The fourth-order valence-electron chi connectivity index (χ4n) is 12.8. The van der Waals surface area contributed by atoms with Crippen LogP contribution in [0.5, 0.6) is 0 Å². The minimum atomic E-state index is -0.195. The van der Waals surface area contributed by atoms with E-state index in [2.05, 4.69) is 48.4 Å². The minimum absolute atomic E-state index is 0.108. The molecule has 2 amide bonds. The van der Waals surface area contributed by atoms with Crippen LogP contribution in [0.3, 0.4) is 0 Å². The number of amides is 2. The summed E-state index contributed by atoms with van der Waals surface area (Å²) >= 11 is 2.05. The van der Waals surface area contributed by atoms with Crippen molar-refractivity contribution in [2.24, 2.45) is 45.5 Å². The zero-order valence-electron chi connectivity index (χ0n) is 37.3. The Labute approximate surface area is 377 Å². The van der Waals surface area contributed by atoms with Gasteiger partial charge in [-0.05, 0) is 106 Å². The molecule has 2 saturated carbocycles. The van der Waals surface area contributed by atoms with E-state index < -0.39 is 0 Å². The van der Waals surface area contributed by atoms with Crippen LogP contribution < -0.4 is 0 Å². The fraction of sp³-hybridized carbons (Fsp3) is 0.792. The molecule has 10 nitrogen and oxygen atoms in total. The molecule has 0 N–H and O–H groups in total. The van der Waals surface area contributed by atoms with Gasteiger partial charge in [0.25, 0.3) is 0 Å². The van der Waals surface area contributed by atoms with E-state index in [9.17, 15) is 9.59 Å². The van der Waals surface area contributed by atoms with E-state index >= 15 is 0 Å². The average Bonchev–Trinajstić information content (AvgIpc) is 3.75. The van der Waals surface area contributed by atoms with E-state index in [-0.39, 0.29) is 52.6 Å². The molecule has 9 aliphatic rings. The lowest BCUT2D eigenvalue weighted by Crippen LogP contribution is -2.47. The van der Waals surface area contributed by atoms with Gasteiger partial charge in [0, 0.05) is 60.7 Å². The number of carbonyl (C=O) groups is 2. The molecule has 2 saturated heterocycles. The van der Waals surface area contributed by atoms with Crippen molar-refractivity contribution in [3.8, 4) is 0 Å². The summed E-state index contributed by atoms with van der Waals surface area (Å²) in [5.41, 5.74) is 1.29. The number of ether oxygens (including phenoxy) is 4. The van der Waals surface area contributed by atoms with Crippen LogP contribution in [-0.4, -0.2) is 120 Å². The number of hydrogen-bond acceptors (Lipinski definition) is 11. The van der Waals surface area contributed by atoms with Crippen molar-refractivity contribution in [2.75, 3.05) is 45.2 Å². The second-order valence-electron chi connectivity index (χ2n) is 20.2. The second-order valence-corrected chi connectivity index (χ2v) is 24.3. The molecule has 4 aliphatic heterocycles. The van der Waals surface area contributed by atoms with Gasteiger partial charge in [-0.2, -0.15) is 11.8 Å². The van der Waals surface area contributed by atoms with E-state index in [1.54, 1.807) is 14.2 Å². The van der Waals surface area contributed by atoms with E-state index in [1.165, 1.54) is 44.1 Å². The quantitative estimate of drug-likeness (QED) is 0.125. The van der Waals surface area contributed by atoms with Gasteiger partial charge in [0.1, 0.15) is 29.6 Å². The largest absolute Gasteiger partial charge is 0.498 e. The van der Waals surface area contributed by atoms with Crippen molar-refractivity contribution in [1.82, 2.24) is 9.80 Å². The average molecular weight is 895 g/mol. The van der Waals surface area contributed by atoms with Crippen molar-refractivity contribution in [3.63, 3.8) is 0 Å². The molecule has 4 heterocycles. The number of thioether (sulfide) groups is 1. The summed E-state index contributed by atoms with van der Waals surface area (Å²) in [4.78, 5) is 43.1. The van der Waals surface area contributed by atoms with E-state index in [0.717, 1.165) is 73.1 Å². The van der Waals surface area contributed by atoms with Gasteiger partial charge >= 0.3 is 0 Å². The number of fused-ring (bicyclic) bond motifs is 8. The Morgan fingerprint density at radius 2 is 1.28 bits per heavy atom. The number of allylic oxidation sites excluding steroid dienone is 3.